The van der Waals surface area contributed by atoms with Gasteiger partial charge in [0.25, 0.3) is 0 Å². The highest BCUT2D eigenvalue weighted by molar-refractivity contribution is 6.29. The molecule has 6 heteroatoms. The van der Waals surface area contributed by atoms with E-state index in [-0.39, 0.29) is 11.7 Å². The second kappa shape index (κ2) is 5.07. The van der Waals surface area contributed by atoms with Crippen LogP contribution in [0.4, 0.5) is 4.39 Å². The summed E-state index contributed by atoms with van der Waals surface area (Å²) in [6, 6.07) is 1.17. The Bertz CT molecular complexity index is 442. The molecule has 0 atom stereocenters. The SMILES string of the molecule is [N-]=[N+]=NCC#Cc1cnc(Cl)c(F)c1. The van der Waals surface area contributed by atoms with Gasteiger partial charge in [-0.25, -0.2) is 9.37 Å². The summed E-state index contributed by atoms with van der Waals surface area (Å²) >= 11 is 5.36. The number of hydrogen-bond donors (Lipinski definition) is 0. The van der Waals surface area contributed by atoms with Crippen molar-refractivity contribution in [1.82, 2.24) is 4.98 Å². The van der Waals surface area contributed by atoms with Crippen molar-refractivity contribution in [3.8, 4) is 11.8 Å². The zero-order chi connectivity index (χ0) is 10.4. The molecule has 0 bridgehead atoms. The topological polar surface area (TPSA) is 61.7 Å². The predicted molar refractivity (Wildman–Crippen MR) is 50.1 cm³/mol. The van der Waals surface area contributed by atoms with E-state index in [0.717, 1.165) is 0 Å². The molecule has 1 heterocycles. The molecule has 0 aliphatic carbocycles. The van der Waals surface area contributed by atoms with Gasteiger partial charge in [0.2, 0.25) is 0 Å². The number of rotatable bonds is 1. The van der Waals surface area contributed by atoms with E-state index in [0.29, 0.717) is 5.56 Å². The lowest BCUT2D eigenvalue weighted by atomic mass is 10.3. The first-order valence-corrected chi connectivity index (χ1v) is 3.92. The van der Waals surface area contributed by atoms with Gasteiger partial charge in [-0.15, -0.1) is 0 Å². The zero-order valence-corrected chi connectivity index (χ0v) is 7.66. The Balaban J connectivity index is 2.80. The minimum Gasteiger partial charge on any atom is -0.240 e. The van der Waals surface area contributed by atoms with Crippen LogP contribution in [0.3, 0.4) is 0 Å². The number of halogens is 2. The van der Waals surface area contributed by atoms with Gasteiger partial charge in [-0.1, -0.05) is 28.6 Å². The first-order valence-electron chi connectivity index (χ1n) is 3.55. The Kier molecular flexibility index (Phi) is 3.74. The molecule has 0 aliphatic rings. The molecule has 14 heavy (non-hydrogen) atoms. The highest BCUT2D eigenvalue weighted by atomic mass is 35.5. The molecule has 0 spiro atoms. The Morgan fingerprint density at radius 2 is 2.50 bits per heavy atom. The van der Waals surface area contributed by atoms with Gasteiger partial charge in [0.05, 0.1) is 6.54 Å². The standard InChI is InChI=1S/C8H4ClFN4/c9-8-7(10)4-6(5-12-8)2-1-3-13-14-11/h4-5H,3H2. The van der Waals surface area contributed by atoms with Crippen molar-refractivity contribution in [2.24, 2.45) is 5.11 Å². The van der Waals surface area contributed by atoms with Crippen LogP contribution in [0.25, 0.3) is 10.4 Å². The molecule has 0 unspecified atom stereocenters. The Morgan fingerprint density at radius 1 is 1.71 bits per heavy atom. The van der Waals surface area contributed by atoms with Crippen molar-refractivity contribution in [3.63, 3.8) is 0 Å². The number of pyridine rings is 1. The third-order valence-electron chi connectivity index (χ3n) is 1.24. The lowest BCUT2D eigenvalue weighted by Gasteiger charge is -1.92. The van der Waals surface area contributed by atoms with Crippen LogP contribution in [0.1, 0.15) is 5.56 Å². The fraction of sp³-hybridized carbons (Fsp3) is 0.125. The fourth-order valence-electron chi connectivity index (χ4n) is 0.698. The summed E-state index contributed by atoms with van der Waals surface area (Å²) in [6.45, 7) is 0.0424. The van der Waals surface area contributed by atoms with Crippen LogP contribution in [-0.4, -0.2) is 11.5 Å². The number of nitrogens with zero attached hydrogens (tertiary/aromatic N) is 4. The van der Waals surface area contributed by atoms with Crippen molar-refractivity contribution in [1.29, 1.82) is 0 Å². The average molecular weight is 211 g/mol. The van der Waals surface area contributed by atoms with Gasteiger partial charge in [-0.05, 0) is 11.6 Å². The Labute approximate surface area is 84.3 Å². The van der Waals surface area contributed by atoms with E-state index in [1.54, 1.807) is 0 Å². The summed E-state index contributed by atoms with van der Waals surface area (Å²) < 4.78 is 12.8. The van der Waals surface area contributed by atoms with Gasteiger partial charge in [0.1, 0.15) is 0 Å². The van der Waals surface area contributed by atoms with Crippen LogP contribution in [0, 0.1) is 17.7 Å². The molecule has 70 valence electrons. The molecule has 0 fully saturated rings. The number of aromatic nitrogens is 1. The van der Waals surface area contributed by atoms with Gasteiger partial charge >= 0.3 is 0 Å². The maximum atomic E-state index is 12.8. The van der Waals surface area contributed by atoms with Crippen LogP contribution in [0.15, 0.2) is 17.4 Å². The molecule has 0 N–H and O–H groups in total. The summed E-state index contributed by atoms with van der Waals surface area (Å²) in [4.78, 5) is 6.07. The van der Waals surface area contributed by atoms with E-state index >= 15 is 0 Å². The molecule has 4 nitrogen and oxygen atoms in total. The largest absolute Gasteiger partial charge is 0.240 e. The fourth-order valence-corrected chi connectivity index (χ4v) is 0.802. The molecule has 1 aromatic rings. The Hall–Kier alpha value is -1.76. The van der Waals surface area contributed by atoms with Crippen LogP contribution in [-0.2, 0) is 0 Å². The molecular formula is C8H4ClFN4. The second-order valence-electron chi connectivity index (χ2n) is 2.19. The minimum absolute atomic E-state index is 0.0424. The third kappa shape index (κ3) is 2.94. The van der Waals surface area contributed by atoms with E-state index in [9.17, 15) is 4.39 Å². The molecule has 0 aromatic carbocycles. The van der Waals surface area contributed by atoms with Gasteiger partial charge in [0.15, 0.2) is 11.0 Å². The summed E-state index contributed by atoms with van der Waals surface area (Å²) in [7, 11) is 0. The van der Waals surface area contributed by atoms with Gasteiger partial charge in [-0.2, -0.15) is 0 Å². The summed E-state index contributed by atoms with van der Waals surface area (Å²) in [5.41, 5.74) is 8.33. The van der Waals surface area contributed by atoms with Gasteiger partial charge in [-0.3, -0.25) is 0 Å². The van der Waals surface area contributed by atoms with Gasteiger partial charge in [0, 0.05) is 16.7 Å². The van der Waals surface area contributed by atoms with Crippen molar-refractivity contribution in [2.45, 2.75) is 0 Å². The maximum Gasteiger partial charge on any atom is 0.164 e. The molecule has 0 saturated carbocycles. The maximum absolute atomic E-state index is 12.8. The summed E-state index contributed by atoms with van der Waals surface area (Å²) in [5.74, 6) is 4.48. The van der Waals surface area contributed by atoms with E-state index < -0.39 is 5.82 Å². The van der Waals surface area contributed by atoms with E-state index in [1.807, 2.05) is 0 Å². The lowest BCUT2D eigenvalue weighted by molar-refractivity contribution is 0.621. The van der Waals surface area contributed by atoms with Crippen molar-refractivity contribution in [3.05, 3.63) is 39.2 Å². The first kappa shape index (κ1) is 10.3. The molecule has 0 radical (unpaired) electrons. The van der Waals surface area contributed by atoms with Crippen LogP contribution < -0.4 is 0 Å². The van der Waals surface area contributed by atoms with E-state index in [4.69, 9.17) is 17.1 Å². The second-order valence-corrected chi connectivity index (χ2v) is 2.55. The number of azide groups is 1. The quantitative estimate of drug-likeness (QED) is 0.231. The molecule has 1 aromatic heterocycles. The van der Waals surface area contributed by atoms with Crippen LogP contribution in [0.5, 0.6) is 0 Å². The summed E-state index contributed by atoms with van der Waals surface area (Å²) in [5, 5.41) is 3.00. The monoisotopic (exact) mass is 210 g/mol. The molecule has 0 saturated heterocycles. The molecule has 0 amide bonds. The lowest BCUT2D eigenvalue weighted by Crippen LogP contribution is -1.85. The highest BCUT2D eigenvalue weighted by Crippen LogP contribution is 2.10. The van der Waals surface area contributed by atoms with Crippen LogP contribution in [0.2, 0.25) is 5.15 Å². The predicted octanol–water partition coefficient (Wildman–Crippen LogP) is 2.54. The van der Waals surface area contributed by atoms with E-state index in [1.165, 1.54) is 12.3 Å². The average Bonchev–Trinajstić information content (AvgIpc) is 2.18. The van der Waals surface area contributed by atoms with Crippen molar-refractivity contribution >= 4 is 11.6 Å². The van der Waals surface area contributed by atoms with Crippen molar-refractivity contribution in [2.75, 3.05) is 6.54 Å². The van der Waals surface area contributed by atoms with Crippen LogP contribution >= 0.6 is 11.6 Å². The summed E-state index contributed by atoms with van der Waals surface area (Å²) in [6.07, 6.45) is 1.34. The normalized spacial score (nSPS) is 8.43. The molecule has 0 aliphatic heterocycles. The Morgan fingerprint density at radius 3 is 3.14 bits per heavy atom. The highest BCUT2D eigenvalue weighted by Gasteiger charge is 1.99. The first-order chi connectivity index (χ1) is 6.74. The zero-order valence-electron chi connectivity index (χ0n) is 6.91. The third-order valence-corrected chi connectivity index (χ3v) is 1.52. The molecular weight excluding hydrogens is 207 g/mol. The van der Waals surface area contributed by atoms with E-state index in [2.05, 4.69) is 26.9 Å². The molecule has 1 rings (SSSR count). The van der Waals surface area contributed by atoms with Crippen molar-refractivity contribution < 1.29 is 4.39 Å². The smallest absolute Gasteiger partial charge is 0.164 e. The number of hydrogen-bond acceptors (Lipinski definition) is 2. The van der Waals surface area contributed by atoms with Gasteiger partial charge < -0.3 is 0 Å². The minimum atomic E-state index is -0.623.